The number of non-ortho nitro benzene ring substituents is 1. The molecule has 1 atom stereocenters. The summed E-state index contributed by atoms with van der Waals surface area (Å²) in [5.41, 5.74) is 2.74. The minimum Gasteiger partial charge on any atom is -0.481 e. The molecule has 0 saturated carbocycles. The molecular formula is C30H28NO5S+. The average Bonchev–Trinajstić information content (AvgIpc) is 3.19. The number of thiophene rings is 1. The number of aryl methyl sites for hydroxylation is 3. The van der Waals surface area contributed by atoms with Crippen molar-refractivity contribution in [2.24, 2.45) is 0 Å². The van der Waals surface area contributed by atoms with Gasteiger partial charge in [0, 0.05) is 51.2 Å². The number of nitrogens with zero attached hydrogens (tertiary/aromatic N) is 1. The number of rotatable bonds is 6. The number of benzene rings is 3. The van der Waals surface area contributed by atoms with Crippen LogP contribution in [0, 0.1) is 42.7 Å². The van der Waals surface area contributed by atoms with Crippen molar-refractivity contribution in [2.45, 2.75) is 40.2 Å². The fourth-order valence-electron chi connectivity index (χ4n) is 4.11. The molecule has 1 aromatic heterocycles. The topological polar surface area (TPSA) is 78.7 Å². The molecule has 0 radical (unpaired) electrons. The molecule has 37 heavy (non-hydrogen) atoms. The molecule has 0 aliphatic carbocycles. The molecule has 4 rings (SSSR count). The van der Waals surface area contributed by atoms with E-state index in [1.165, 1.54) is 32.7 Å². The Bertz CT molecular complexity index is 1530. The van der Waals surface area contributed by atoms with E-state index in [2.05, 4.69) is 60.5 Å². The van der Waals surface area contributed by atoms with Gasteiger partial charge >= 0.3 is 5.97 Å². The van der Waals surface area contributed by atoms with Crippen LogP contribution in [0.15, 0.2) is 66.0 Å². The number of hydrogen-bond acceptors (Lipinski definition) is 5. The molecule has 0 N–H and O–H groups in total. The monoisotopic (exact) mass is 514 g/mol. The molecule has 188 valence electrons. The first kappa shape index (κ1) is 25.9. The predicted molar refractivity (Wildman–Crippen MR) is 148 cm³/mol. The standard InChI is InChI=1S/C30H28NO5S/c1-20-16-25(37-19-22(3)26-8-6-7-9-27(26)37)17-21(2)29(20)35-18-28(32)36-30(4,5)15-14-23-10-12-24(13-11-23)31(33)34/h6-13,16-17,19H,18H2,1-5H3/q+1. The molecule has 0 spiro atoms. The van der Waals surface area contributed by atoms with Gasteiger partial charge in [-0.25, -0.2) is 4.79 Å². The van der Waals surface area contributed by atoms with Gasteiger partial charge in [0.05, 0.1) is 4.92 Å². The van der Waals surface area contributed by atoms with Crippen LogP contribution in [0.2, 0.25) is 0 Å². The van der Waals surface area contributed by atoms with E-state index >= 15 is 0 Å². The van der Waals surface area contributed by atoms with Gasteiger partial charge in [-0.3, -0.25) is 10.1 Å². The van der Waals surface area contributed by atoms with Crippen molar-refractivity contribution in [3.63, 3.8) is 0 Å². The molecule has 0 aliphatic heterocycles. The Morgan fingerprint density at radius 3 is 2.30 bits per heavy atom. The molecule has 0 fully saturated rings. The smallest absolute Gasteiger partial charge is 0.345 e. The van der Waals surface area contributed by atoms with Gasteiger partial charge in [-0.15, -0.1) is 0 Å². The van der Waals surface area contributed by atoms with Crippen LogP contribution in [0.4, 0.5) is 5.69 Å². The Kier molecular flexibility index (Phi) is 7.33. The molecule has 1 unspecified atom stereocenters. The molecule has 3 aromatic carbocycles. The summed E-state index contributed by atoms with van der Waals surface area (Å²) in [6, 6.07) is 18.6. The third-order valence-corrected chi connectivity index (χ3v) is 7.98. The zero-order chi connectivity index (χ0) is 26.7. The van der Waals surface area contributed by atoms with Gasteiger partial charge in [-0.1, -0.05) is 24.0 Å². The lowest BCUT2D eigenvalue weighted by Gasteiger charge is -2.19. The van der Waals surface area contributed by atoms with Gasteiger partial charge < -0.3 is 9.47 Å². The molecule has 4 aromatic rings. The van der Waals surface area contributed by atoms with E-state index in [1.54, 1.807) is 26.0 Å². The molecule has 6 nitrogen and oxygen atoms in total. The van der Waals surface area contributed by atoms with Gasteiger partial charge in [0.25, 0.3) is 5.69 Å². The number of carbonyl (C=O) groups is 1. The summed E-state index contributed by atoms with van der Waals surface area (Å²) in [4.78, 5) is 24.1. The van der Waals surface area contributed by atoms with Crippen molar-refractivity contribution in [2.75, 3.05) is 6.61 Å². The highest BCUT2D eigenvalue weighted by Gasteiger charge is 2.23. The van der Waals surface area contributed by atoms with E-state index < -0.39 is 16.5 Å². The second-order valence-electron chi connectivity index (χ2n) is 9.35. The molecule has 0 bridgehead atoms. The Hall–Kier alpha value is -4.15. The highest BCUT2D eigenvalue weighted by atomic mass is 32.2. The van der Waals surface area contributed by atoms with E-state index in [4.69, 9.17) is 9.47 Å². The Morgan fingerprint density at radius 2 is 1.65 bits per heavy atom. The SMILES string of the molecule is Cc1cc(-[s+]2cc(C)c3ccccc32)cc(C)c1OCC(=O)OC(C)(C)C#Cc1ccc([N+](=O)[O-])cc1. The van der Waals surface area contributed by atoms with Crippen molar-refractivity contribution < 1.29 is 19.2 Å². The fraction of sp³-hybridized carbons (Fsp3) is 0.233. The Labute approximate surface area is 219 Å². The van der Waals surface area contributed by atoms with Crippen LogP contribution >= 0.6 is 10.5 Å². The Morgan fingerprint density at radius 1 is 1.00 bits per heavy atom. The lowest BCUT2D eigenvalue weighted by atomic mass is 10.1. The lowest BCUT2D eigenvalue weighted by Crippen LogP contribution is -2.29. The van der Waals surface area contributed by atoms with Crippen LogP contribution in [0.25, 0.3) is 15.0 Å². The van der Waals surface area contributed by atoms with Crippen molar-refractivity contribution >= 4 is 32.2 Å². The Balaban J connectivity index is 1.43. The van der Waals surface area contributed by atoms with E-state index in [9.17, 15) is 14.9 Å². The summed E-state index contributed by atoms with van der Waals surface area (Å²) in [6.07, 6.45) is 0. The van der Waals surface area contributed by atoms with Crippen LogP contribution in [0.5, 0.6) is 5.75 Å². The first-order valence-electron chi connectivity index (χ1n) is 11.8. The number of hydrogen-bond donors (Lipinski definition) is 0. The van der Waals surface area contributed by atoms with E-state index in [1.807, 2.05) is 13.8 Å². The molecule has 1 heterocycles. The summed E-state index contributed by atoms with van der Waals surface area (Å²) in [5.74, 6) is 5.94. The van der Waals surface area contributed by atoms with Gasteiger partial charge in [-0.2, -0.15) is 0 Å². The predicted octanol–water partition coefficient (Wildman–Crippen LogP) is 7.16. The van der Waals surface area contributed by atoms with Crippen molar-refractivity contribution in [1.29, 1.82) is 0 Å². The zero-order valence-electron chi connectivity index (χ0n) is 21.5. The summed E-state index contributed by atoms with van der Waals surface area (Å²) in [5, 5.41) is 14.4. The van der Waals surface area contributed by atoms with Gasteiger partial charge in [0.1, 0.15) is 11.1 Å². The van der Waals surface area contributed by atoms with Crippen LogP contribution < -0.4 is 4.74 Å². The van der Waals surface area contributed by atoms with E-state index in [0.29, 0.717) is 11.3 Å². The van der Waals surface area contributed by atoms with Crippen LogP contribution in [0.1, 0.15) is 36.1 Å². The maximum absolute atomic E-state index is 12.5. The zero-order valence-corrected chi connectivity index (χ0v) is 22.3. The number of carbonyl (C=O) groups excluding carboxylic acids is 1. The number of nitro groups is 1. The van der Waals surface area contributed by atoms with Crippen molar-refractivity contribution in [3.05, 3.63) is 98.4 Å². The van der Waals surface area contributed by atoms with Crippen molar-refractivity contribution in [1.82, 2.24) is 0 Å². The summed E-state index contributed by atoms with van der Waals surface area (Å²) in [6.45, 7) is 9.25. The second kappa shape index (κ2) is 10.5. The molecular weight excluding hydrogens is 486 g/mol. The van der Waals surface area contributed by atoms with Gasteiger partial charge in [0.2, 0.25) is 0 Å². The summed E-state index contributed by atoms with van der Waals surface area (Å²) >= 11 is 0. The number of ether oxygens (including phenoxy) is 2. The summed E-state index contributed by atoms with van der Waals surface area (Å²) in [7, 11) is -0.130. The van der Waals surface area contributed by atoms with Gasteiger partial charge in [0.15, 0.2) is 21.8 Å². The van der Waals surface area contributed by atoms with Crippen molar-refractivity contribution in [3.8, 4) is 22.5 Å². The first-order valence-corrected chi connectivity index (χ1v) is 13.1. The molecule has 0 saturated heterocycles. The molecule has 0 aliphatic rings. The number of fused-ring (bicyclic) bond motifs is 1. The minimum atomic E-state index is -1.06. The number of esters is 1. The summed E-state index contributed by atoms with van der Waals surface area (Å²) < 4.78 is 12.7. The normalized spacial score (nSPS) is 11.5. The first-order chi connectivity index (χ1) is 17.5. The maximum Gasteiger partial charge on any atom is 0.345 e. The molecule has 0 amide bonds. The van der Waals surface area contributed by atoms with Crippen LogP contribution in [-0.2, 0) is 9.53 Å². The maximum atomic E-state index is 12.5. The van der Waals surface area contributed by atoms with Crippen LogP contribution in [0.3, 0.4) is 0 Å². The fourth-order valence-corrected chi connectivity index (χ4v) is 6.40. The largest absolute Gasteiger partial charge is 0.481 e. The number of nitro benzene ring substituents is 1. The van der Waals surface area contributed by atoms with Crippen LogP contribution in [-0.4, -0.2) is 23.1 Å². The minimum absolute atomic E-state index is 0.00730. The molecule has 7 heteroatoms. The quantitative estimate of drug-likeness (QED) is 0.0896. The lowest BCUT2D eigenvalue weighted by molar-refractivity contribution is -0.384. The third-order valence-electron chi connectivity index (χ3n) is 5.82. The average molecular weight is 515 g/mol. The highest BCUT2D eigenvalue weighted by molar-refractivity contribution is 7.43. The third kappa shape index (κ3) is 5.99. The van der Waals surface area contributed by atoms with E-state index in [-0.39, 0.29) is 22.8 Å². The van der Waals surface area contributed by atoms with Gasteiger partial charge in [-0.05, 0) is 70.0 Å². The highest BCUT2D eigenvalue weighted by Crippen LogP contribution is 2.43. The van der Waals surface area contributed by atoms with E-state index in [0.717, 1.165) is 11.1 Å². The second-order valence-corrected chi connectivity index (χ2v) is 11.2.